The van der Waals surface area contributed by atoms with Crippen LogP contribution in [0.5, 0.6) is 0 Å². The first-order valence-corrected chi connectivity index (χ1v) is 6.86. The number of hydrogen-bond donors (Lipinski definition) is 2. The van der Waals surface area contributed by atoms with E-state index in [9.17, 15) is 9.90 Å². The molecule has 4 nitrogen and oxygen atoms in total. The van der Waals surface area contributed by atoms with Gasteiger partial charge in [0.25, 0.3) is 0 Å². The van der Waals surface area contributed by atoms with Gasteiger partial charge in [-0.1, -0.05) is 22.0 Å². The number of aliphatic hydroxyl groups excluding tert-OH is 1. The van der Waals surface area contributed by atoms with Crippen LogP contribution >= 0.6 is 15.9 Å². The van der Waals surface area contributed by atoms with E-state index in [0.717, 1.165) is 28.8 Å². The third kappa shape index (κ3) is 3.03. The predicted molar refractivity (Wildman–Crippen MR) is 74.6 cm³/mol. The summed E-state index contributed by atoms with van der Waals surface area (Å²) < 4.78 is 0.901. The molecule has 1 fully saturated rings. The monoisotopic (exact) mass is 312 g/mol. The minimum Gasteiger partial charge on any atom is -0.389 e. The van der Waals surface area contributed by atoms with Crippen LogP contribution in [0.25, 0.3) is 0 Å². The summed E-state index contributed by atoms with van der Waals surface area (Å²) in [5.74, 6) is 0.108. The predicted octanol–water partition coefficient (Wildman–Crippen LogP) is 1.83. The SMILES string of the molecule is C[C@H](O)c1ccc(N2CCNC(=O)CC2)cc1Br. The molecular weight excluding hydrogens is 296 g/mol. The Balaban J connectivity index is 2.18. The summed E-state index contributed by atoms with van der Waals surface area (Å²) in [5, 5.41) is 12.4. The lowest BCUT2D eigenvalue weighted by atomic mass is 10.1. The van der Waals surface area contributed by atoms with Crippen molar-refractivity contribution in [2.75, 3.05) is 24.5 Å². The van der Waals surface area contributed by atoms with E-state index >= 15 is 0 Å². The van der Waals surface area contributed by atoms with Crippen LogP contribution in [-0.2, 0) is 4.79 Å². The van der Waals surface area contributed by atoms with E-state index in [1.54, 1.807) is 6.92 Å². The van der Waals surface area contributed by atoms with Gasteiger partial charge in [-0.2, -0.15) is 0 Å². The second kappa shape index (κ2) is 5.71. The lowest BCUT2D eigenvalue weighted by Gasteiger charge is -2.23. The summed E-state index contributed by atoms with van der Waals surface area (Å²) >= 11 is 3.48. The van der Waals surface area contributed by atoms with Crippen LogP contribution in [0.3, 0.4) is 0 Å². The number of carbonyl (C=O) groups excluding carboxylic acids is 1. The molecule has 0 aliphatic carbocycles. The minimum atomic E-state index is -0.485. The van der Waals surface area contributed by atoms with Gasteiger partial charge in [0.05, 0.1) is 6.10 Å². The molecule has 2 N–H and O–H groups in total. The van der Waals surface area contributed by atoms with E-state index in [4.69, 9.17) is 0 Å². The maximum atomic E-state index is 11.3. The number of anilines is 1. The zero-order valence-electron chi connectivity index (χ0n) is 10.3. The lowest BCUT2D eigenvalue weighted by molar-refractivity contribution is -0.120. The molecule has 1 atom stereocenters. The smallest absolute Gasteiger partial charge is 0.221 e. The molecule has 0 spiro atoms. The fraction of sp³-hybridized carbons (Fsp3) is 0.462. The molecule has 1 heterocycles. The van der Waals surface area contributed by atoms with Gasteiger partial charge in [0.15, 0.2) is 0 Å². The lowest BCUT2D eigenvalue weighted by Crippen LogP contribution is -2.28. The number of amides is 1. The van der Waals surface area contributed by atoms with E-state index in [0.29, 0.717) is 13.0 Å². The number of nitrogens with one attached hydrogen (secondary N) is 1. The molecule has 0 bridgehead atoms. The zero-order valence-corrected chi connectivity index (χ0v) is 11.9. The Morgan fingerprint density at radius 3 is 2.89 bits per heavy atom. The van der Waals surface area contributed by atoms with Crippen LogP contribution in [0.2, 0.25) is 0 Å². The number of benzene rings is 1. The van der Waals surface area contributed by atoms with Gasteiger partial charge in [0, 0.05) is 36.2 Å². The first kappa shape index (κ1) is 13.4. The first-order valence-electron chi connectivity index (χ1n) is 6.07. The molecule has 1 aliphatic rings. The third-order valence-electron chi connectivity index (χ3n) is 3.11. The third-order valence-corrected chi connectivity index (χ3v) is 3.80. The summed E-state index contributed by atoms with van der Waals surface area (Å²) in [6.45, 7) is 3.96. The highest BCUT2D eigenvalue weighted by atomic mass is 79.9. The molecule has 0 saturated carbocycles. The van der Waals surface area contributed by atoms with Gasteiger partial charge in [-0.05, 0) is 24.6 Å². The molecule has 18 heavy (non-hydrogen) atoms. The molecule has 1 saturated heterocycles. The van der Waals surface area contributed by atoms with Crippen molar-refractivity contribution in [2.24, 2.45) is 0 Å². The molecule has 98 valence electrons. The van der Waals surface area contributed by atoms with E-state index in [1.165, 1.54) is 0 Å². The fourth-order valence-electron chi connectivity index (χ4n) is 2.08. The maximum absolute atomic E-state index is 11.3. The van der Waals surface area contributed by atoms with Crippen molar-refractivity contribution in [3.63, 3.8) is 0 Å². The Morgan fingerprint density at radius 1 is 1.44 bits per heavy atom. The normalized spacial score (nSPS) is 18.2. The summed E-state index contributed by atoms with van der Waals surface area (Å²) in [7, 11) is 0. The molecular formula is C13H17BrN2O2. The Bertz CT molecular complexity index is 449. The van der Waals surface area contributed by atoms with Gasteiger partial charge in [0.2, 0.25) is 5.91 Å². The van der Waals surface area contributed by atoms with Crippen molar-refractivity contribution in [2.45, 2.75) is 19.4 Å². The van der Waals surface area contributed by atoms with Crippen molar-refractivity contribution in [1.82, 2.24) is 5.32 Å². The molecule has 0 radical (unpaired) electrons. The molecule has 2 rings (SSSR count). The van der Waals surface area contributed by atoms with Gasteiger partial charge in [-0.3, -0.25) is 4.79 Å². The van der Waals surface area contributed by atoms with Crippen LogP contribution in [0.4, 0.5) is 5.69 Å². The summed E-state index contributed by atoms with van der Waals surface area (Å²) in [5.41, 5.74) is 1.95. The molecule has 1 aromatic carbocycles. The summed E-state index contributed by atoms with van der Waals surface area (Å²) in [6.07, 6.45) is 0.0382. The second-order valence-corrected chi connectivity index (χ2v) is 5.32. The second-order valence-electron chi connectivity index (χ2n) is 4.47. The molecule has 1 aliphatic heterocycles. The number of halogens is 1. The van der Waals surface area contributed by atoms with Crippen LogP contribution in [0.15, 0.2) is 22.7 Å². The van der Waals surface area contributed by atoms with E-state index in [2.05, 4.69) is 26.1 Å². The van der Waals surface area contributed by atoms with Crippen molar-refractivity contribution in [3.8, 4) is 0 Å². The number of nitrogens with zero attached hydrogens (tertiary/aromatic N) is 1. The Morgan fingerprint density at radius 2 is 2.22 bits per heavy atom. The largest absolute Gasteiger partial charge is 0.389 e. The average molecular weight is 313 g/mol. The number of hydrogen-bond acceptors (Lipinski definition) is 3. The highest BCUT2D eigenvalue weighted by Crippen LogP contribution is 2.28. The average Bonchev–Trinajstić information content (AvgIpc) is 2.53. The van der Waals surface area contributed by atoms with Gasteiger partial charge in [-0.15, -0.1) is 0 Å². The topological polar surface area (TPSA) is 52.6 Å². The zero-order chi connectivity index (χ0) is 13.1. The quantitative estimate of drug-likeness (QED) is 0.876. The minimum absolute atomic E-state index is 0.108. The van der Waals surface area contributed by atoms with E-state index in [1.807, 2.05) is 18.2 Å². The van der Waals surface area contributed by atoms with Crippen LogP contribution in [-0.4, -0.2) is 30.6 Å². The summed E-state index contributed by atoms with van der Waals surface area (Å²) in [4.78, 5) is 13.5. The van der Waals surface area contributed by atoms with Gasteiger partial charge in [0.1, 0.15) is 0 Å². The Hall–Kier alpha value is -1.07. The molecule has 5 heteroatoms. The van der Waals surface area contributed by atoms with Crippen LogP contribution in [0, 0.1) is 0 Å². The number of aliphatic hydroxyl groups is 1. The Labute approximate surface area is 115 Å². The van der Waals surface area contributed by atoms with Crippen LogP contribution in [0.1, 0.15) is 25.0 Å². The maximum Gasteiger partial charge on any atom is 0.221 e. The fourth-order valence-corrected chi connectivity index (χ4v) is 2.77. The van der Waals surface area contributed by atoms with Crippen molar-refractivity contribution < 1.29 is 9.90 Å². The van der Waals surface area contributed by atoms with Crippen molar-refractivity contribution in [1.29, 1.82) is 0 Å². The number of rotatable bonds is 2. The van der Waals surface area contributed by atoms with Crippen molar-refractivity contribution >= 4 is 27.5 Å². The molecule has 1 amide bonds. The number of carbonyl (C=O) groups is 1. The highest BCUT2D eigenvalue weighted by molar-refractivity contribution is 9.10. The summed E-state index contributed by atoms with van der Waals surface area (Å²) in [6, 6.07) is 5.91. The first-order chi connectivity index (χ1) is 8.58. The molecule has 0 aromatic heterocycles. The highest BCUT2D eigenvalue weighted by Gasteiger charge is 2.15. The van der Waals surface area contributed by atoms with Crippen LogP contribution < -0.4 is 10.2 Å². The van der Waals surface area contributed by atoms with Gasteiger partial charge >= 0.3 is 0 Å². The Kier molecular flexibility index (Phi) is 4.24. The standard InChI is InChI=1S/C13H17BrN2O2/c1-9(17)11-3-2-10(8-12(11)14)16-6-4-13(18)15-5-7-16/h2-3,8-9,17H,4-7H2,1H3,(H,15,18)/t9-/m0/s1. The van der Waals surface area contributed by atoms with E-state index < -0.39 is 6.10 Å². The van der Waals surface area contributed by atoms with E-state index in [-0.39, 0.29) is 5.91 Å². The van der Waals surface area contributed by atoms with Gasteiger partial charge < -0.3 is 15.3 Å². The molecule has 1 aromatic rings. The van der Waals surface area contributed by atoms with Gasteiger partial charge in [-0.25, -0.2) is 0 Å². The molecule has 0 unspecified atom stereocenters. The van der Waals surface area contributed by atoms with Crippen molar-refractivity contribution in [3.05, 3.63) is 28.2 Å².